The van der Waals surface area contributed by atoms with Crippen molar-refractivity contribution in [1.82, 2.24) is 14.6 Å². The second kappa shape index (κ2) is 6.22. The van der Waals surface area contributed by atoms with E-state index in [-0.39, 0.29) is 12.3 Å². The quantitative estimate of drug-likeness (QED) is 0.740. The van der Waals surface area contributed by atoms with Gasteiger partial charge >= 0.3 is 5.97 Å². The Morgan fingerprint density at radius 3 is 2.88 bits per heavy atom. The molecule has 1 atom stereocenters. The third-order valence-corrected chi connectivity index (χ3v) is 5.32. The van der Waals surface area contributed by atoms with Crippen LogP contribution in [0.25, 0.3) is 10.2 Å². The van der Waals surface area contributed by atoms with Crippen molar-refractivity contribution in [1.29, 1.82) is 0 Å². The SMILES string of the molecule is CN1C(=O)c2ccc(Cl)cc2C(CC(=O)O)N1c1ccc2snnc2c1. The Kier molecular flexibility index (Phi) is 4.01. The first kappa shape index (κ1) is 16.7. The van der Waals surface area contributed by atoms with E-state index in [4.69, 9.17) is 11.6 Å². The number of aromatic nitrogens is 2. The number of carboxylic acid groups (broad SMARTS) is 1. The molecule has 1 unspecified atom stereocenters. The minimum absolute atomic E-state index is 0.182. The highest BCUT2D eigenvalue weighted by Crippen LogP contribution is 2.39. The normalized spacial score (nSPS) is 16.8. The number of amides is 1. The van der Waals surface area contributed by atoms with Crippen LogP contribution in [0, 0.1) is 0 Å². The summed E-state index contributed by atoms with van der Waals surface area (Å²) in [6.45, 7) is 0. The van der Waals surface area contributed by atoms with Gasteiger partial charge in [-0.2, -0.15) is 0 Å². The molecule has 9 heteroatoms. The first-order valence-electron chi connectivity index (χ1n) is 7.76. The van der Waals surface area contributed by atoms with Crippen LogP contribution in [-0.2, 0) is 4.79 Å². The Bertz CT molecular complexity index is 1040. The fraction of sp³-hybridized carbons (Fsp3) is 0.176. The maximum absolute atomic E-state index is 12.8. The molecule has 132 valence electrons. The number of halogens is 1. The molecule has 1 aromatic heterocycles. The number of carbonyl (C=O) groups excluding carboxylic acids is 1. The average Bonchev–Trinajstić information content (AvgIpc) is 3.07. The maximum atomic E-state index is 12.8. The van der Waals surface area contributed by atoms with Gasteiger partial charge in [-0.25, -0.2) is 0 Å². The van der Waals surface area contributed by atoms with E-state index in [9.17, 15) is 14.7 Å². The molecule has 1 N–H and O–H groups in total. The molecule has 0 bridgehead atoms. The molecule has 7 nitrogen and oxygen atoms in total. The zero-order valence-corrected chi connectivity index (χ0v) is 15.2. The summed E-state index contributed by atoms with van der Waals surface area (Å²) in [5.74, 6) is -1.19. The lowest BCUT2D eigenvalue weighted by Gasteiger charge is -2.44. The van der Waals surface area contributed by atoms with E-state index < -0.39 is 12.0 Å². The molecule has 2 heterocycles. The predicted molar refractivity (Wildman–Crippen MR) is 98.4 cm³/mol. The van der Waals surface area contributed by atoms with Gasteiger partial charge in [-0.1, -0.05) is 16.1 Å². The van der Waals surface area contributed by atoms with E-state index in [2.05, 4.69) is 9.59 Å². The molecule has 0 spiro atoms. The number of carbonyl (C=O) groups is 2. The zero-order valence-electron chi connectivity index (χ0n) is 13.6. The van der Waals surface area contributed by atoms with Crippen LogP contribution < -0.4 is 5.01 Å². The van der Waals surface area contributed by atoms with Crippen LogP contribution >= 0.6 is 23.1 Å². The van der Waals surface area contributed by atoms with E-state index in [0.717, 1.165) is 4.70 Å². The number of aliphatic carboxylic acids is 1. The van der Waals surface area contributed by atoms with Crippen molar-refractivity contribution in [3.05, 3.63) is 52.5 Å². The third-order valence-electron chi connectivity index (χ3n) is 4.38. The third kappa shape index (κ3) is 2.67. The number of rotatable bonds is 3. The molecule has 2 aromatic carbocycles. The van der Waals surface area contributed by atoms with Crippen LogP contribution in [0.1, 0.15) is 28.4 Å². The van der Waals surface area contributed by atoms with Crippen molar-refractivity contribution >= 4 is 50.9 Å². The van der Waals surface area contributed by atoms with Gasteiger partial charge in [0.2, 0.25) is 0 Å². The van der Waals surface area contributed by atoms with Crippen molar-refractivity contribution in [2.75, 3.05) is 12.1 Å². The number of nitrogens with zero attached hydrogens (tertiary/aromatic N) is 4. The second-order valence-corrected chi connectivity index (χ2v) is 7.17. The molecular formula is C17H13ClN4O3S. The Morgan fingerprint density at radius 2 is 2.12 bits per heavy atom. The van der Waals surface area contributed by atoms with E-state index >= 15 is 0 Å². The van der Waals surface area contributed by atoms with Crippen molar-refractivity contribution in [3.63, 3.8) is 0 Å². The molecule has 26 heavy (non-hydrogen) atoms. The summed E-state index contributed by atoms with van der Waals surface area (Å²) >= 11 is 7.39. The maximum Gasteiger partial charge on any atom is 0.305 e. The van der Waals surface area contributed by atoms with Crippen LogP contribution in [0.3, 0.4) is 0 Å². The van der Waals surface area contributed by atoms with Crippen LogP contribution in [0.5, 0.6) is 0 Å². The van der Waals surface area contributed by atoms with Gasteiger partial charge in [-0.15, -0.1) is 5.10 Å². The summed E-state index contributed by atoms with van der Waals surface area (Å²) < 4.78 is 4.83. The van der Waals surface area contributed by atoms with Gasteiger partial charge in [-0.05, 0) is 53.5 Å². The predicted octanol–water partition coefficient (Wildman–Crippen LogP) is 3.37. The molecule has 1 aliphatic heterocycles. The highest BCUT2D eigenvalue weighted by molar-refractivity contribution is 7.12. The zero-order chi connectivity index (χ0) is 18.4. The lowest BCUT2D eigenvalue weighted by atomic mass is 9.94. The number of anilines is 1. The fourth-order valence-electron chi connectivity index (χ4n) is 3.24. The molecule has 0 saturated carbocycles. The molecule has 0 fully saturated rings. The Labute approximate surface area is 157 Å². The Morgan fingerprint density at radius 1 is 1.31 bits per heavy atom. The van der Waals surface area contributed by atoms with Crippen molar-refractivity contribution < 1.29 is 14.7 Å². The Balaban J connectivity index is 1.90. The molecular weight excluding hydrogens is 376 g/mol. The van der Waals surface area contributed by atoms with Crippen molar-refractivity contribution in [2.24, 2.45) is 0 Å². The highest BCUT2D eigenvalue weighted by atomic mass is 35.5. The molecule has 4 rings (SSSR count). The molecule has 0 radical (unpaired) electrons. The van der Waals surface area contributed by atoms with Gasteiger partial charge in [0.25, 0.3) is 5.91 Å². The van der Waals surface area contributed by atoms with Crippen LogP contribution in [-0.4, -0.2) is 38.6 Å². The number of fused-ring (bicyclic) bond motifs is 2. The smallest absolute Gasteiger partial charge is 0.305 e. The fourth-order valence-corrected chi connectivity index (χ4v) is 3.96. The van der Waals surface area contributed by atoms with Crippen LogP contribution in [0.15, 0.2) is 36.4 Å². The minimum atomic E-state index is -0.968. The van der Waals surface area contributed by atoms with Crippen molar-refractivity contribution in [2.45, 2.75) is 12.5 Å². The first-order valence-corrected chi connectivity index (χ1v) is 8.91. The van der Waals surface area contributed by atoms with E-state index in [1.165, 1.54) is 16.5 Å². The molecule has 1 amide bonds. The summed E-state index contributed by atoms with van der Waals surface area (Å²) in [6.07, 6.45) is -0.182. The summed E-state index contributed by atoms with van der Waals surface area (Å²) in [7, 11) is 1.62. The molecule has 1 aliphatic rings. The van der Waals surface area contributed by atoms with Crippen LogP contribution in [0.4, 0.5) is 5.69 Å². The molecule has 3 aromatic rings. The summed E-state index contributed by atoms with van der Waals surface area (Å²) in [4.78, 5) is 24.3. The average molecular weight is 389 g/mol. The van der Waals surface area contributed by atoms with E-state index in [1.54, 1.807) is 36.3 Å². The molecule has 0 saturated heterocycles. The highest BCUT2D eigenvalue weighted by Gasteiger charge is 2.37. The molecule has 0 aliphatic carbocycles. The Hall–Kier alpha value is -2.71. The second-order valence-electron chi connectivity index (χ2n) is 5.94. The number of hydrogen-bond donors (Lipinski definition) is 1. The standard InChI is InChI=1S/C17H13ClN4O3S/c1-21-17(25)11-4-2-9(18)6-12(11)14(8-16(23)24)22(21)10-3-5-15-13(7-10)19-20-26-15/h2-7,14H,8H2,1H3,(H,23,24). The lowest BCUT2D eigenvalue weighted by Crippen LogP contribution is -2.51. The first-order chi connectivity index (χ1) is 12.5. The van der Waals surface area contributed by atoms with Gasteiger partial charge in [0.1, 0.15) is 5.52 Å². The van der Waals surface area contributed by atoms with Crippen molar-refractivity contribution in [3.8, 4) is 0 Å². The number of carboxylic acids is 1. The van der Waals surface area contributed by atoms with Gasteiger partial charge < -0.3 is 5.11 Å². The van der Waals surface area contributed by atoms with Gasteiger partial charge in [0.15, 0.2) is 0 Å². The lowest BCUT2D eigenvalue weighted by molar-refractivity contribution is -0.137. The monoisotopic (exact) mass is 388 g/mol. The summed E-state index contributed by atoms with van der Waals surface area (Å²) in [5.41, 5.74) is 2.41. The van der Waals surface area contributed by atoms with E-state index in [1.807, 2.05) is 12.1 Å². The van der Waals surface area contributed by atoms with Gasteiger partial charge in [0, 0.05) is 17.6 Å². The number of hydrogen-bond acceptors (Lipinski definition) is 6. The van der Waals surface area contributed by atoms with E-state index in [0.29, 0.717) is 27.4 Å². The van der Waals surface area contributed by atoms with Gasteiger partial charge in [0.05, 0.1) is 22.8 Å². The largest absolute Gasteiger partial charge is 0.481 e. The summed E-state index contributed by atoms with van der Waals surface area (Å²) in [5, 5.41) is 17.1. The van der Waals surface area contributed by atoms with Crippen LogP contribution in [0.2, 0.25) is 5.02 Å². The topological polar surface area (TPSA) is 86.6 Å². The number of benzene rings is 2. The van der Waals surface area contributed by atoms with Gasteiger partial charge in [-0.3, -0.25) is 19.6 Å². The number of hydrazine groups is 1. The minimum Gasteiger partial charge on any atom is -0.481 e. The summed E-state index contributed by atoms with van der Waals surface area (Å²) in [6, 6.07) is 9.84.